The third-order valence-electron chi connectivity index (χ3n) is 5.71. The minimum Gasteiger partial charge on any atom is -0.491 e. The number of aliphatic hydroxyl groups is 4. The van der Waals surface area contributed by atoms with Gasteiger partial charge in [0.15, 0.2) is 0 Å². The van der Waals surface area contributed by atoms with E-state index < -0.39 is 37.1 Å². The maximum atomic E-state index is 10.6. The summed E-state index contributed by atoms with van der Waals surface area (Å²) in [5.41, 5.74) is 3.65. The topological polar surface area (TPSA) is 123 Å². The van der Waals surface area contributed by atoms with Crippen LogP contribution in [0.5, 0.6) is 5.75 Å². The molecule has 0 saturated carbocycles. The average Bonchev–Trinajstić information content (AvgIpc) is 3.26. The lowest BCUT2D eigenvalue weighted by Crippen LogP contribution is -2.55. The first kappa shape index (κ1) is 21.1. The van der Waals surface area contributed by atoms with Crippen molar-refractivity contribution in [3.63, 3.8) is 0 Å². The minimum absolute atomic E-state index is 0.430. The third kappa shape index (κ3) is 3.67. The molecule has 0 amide bonds. The number of ether oxygens (including phenoxy) is 2. The number of nitrogens with zero attached hydrogens (tertiary/aromatic N) is 1. The average molecular weight is 432 g/mol. The molecule has 7 nitrogen and oxygen atoms in total. The van der Waals surface area contributed by atoms with Gasteiger partial charge >= 0.3 is 0 Å². The molecule has 4 rings (SSSR count). The molecule has 2 aliphatic rings. The smallest absolute Gasteiger partial charge is 0.141 e. The second-order valence-corrected chi connectivity index (χ2v) is 7.96. The molecular weight excluding hydrogens is 410 g/mol. The Hall–Kier alpha value is -2.18. The van der Waals surface area contributed by atoms with Gasteiger partial charge in [0.25, 0.3) is 0 Å². The molecule has 1 saturated heterocycles. The highest BCUT2D eigenvalue weighted by Gasteiger charge is 2.45. The molecule has 0 aliphatic carbocycles. The van der Waals surface area contributed by atoms with Crippen LogP contribution in [0.15, 0.2) is 30.3 Å². The molecule has 0 bridgehead atoms. The van der Waals surface area contributed by atoms with Crippen LogP contribution in [0.2, 0.25) is 5.02 Å². The number of aliphatic hydroxyl groups excluding tert-OH is 4. The summed E-state index contributed by atoms with van der Waals surface area (Å²) in [6.07, 6.45) is -5.18. The highest BCUT2D eigenvalue weighted by molar-refractivity contribution is 6.33. The van der Waals surface area contributed by atoms with Crippen LogP contribution >= 0.6 is 11.6 Å². The fraction of sp³-hybridized carbons (Fsp3) is 0.409. The summed E-state index contributed by atoms with van der Waals surface area (Å²) in [5, 5.41) is 49.9. The number of fused-ring (bicyclic) bond motifs is 1. The zero-order chi connectivity index (χ0) is 21.4. The molecule has 2 aliphatic heterocycles. The van der Waals surface area contributed by atoms with Crippen molar-refractivity contribution in [3.05, 3.63) is 63.2 Å². The lowest BCUT2D eigenvalue weighted by atomic mass is 9.87. The molecule has 2 heterocycles. The van der Waals surface area contributed by atoms with E-state index in [1.165, 1.54) is 0 Å². The maximum Gasteiger partial charge on any atom is 0.141 e. The van der Waals surface area contributed by atoms with Crippen LogP contribution < -0.4 is 4.74 Å². The largest absolute Gasteiger partial charge is 0.491 e. The summed E-state index contributed by atoms with van der Waals surface area (Å²) in [6, 6.07) is 11.0. The predicted molar refractivity (Wildman–Crippen MR) is 107 cm³/mol. The molecule has 0 unspecified atom stereocenters. The molecule has 0 spiro atoms. The summed E-state index contributed by atoms with van der Waals surface area (Å²) in [7, 11) is 0. The Labute approximate surface area is 178 Å². The van der Waals surface area contributed by atoms with Crippen molar-refractivity contribution in [2.75, 3.05) is 13.2 Å². The van der Waals surface area contributed by atoms with Gasteiger partial charge in [-0.2, -0.15) is 5.26 Å². The first-order valence-corrected chi connectivity index (χ1v) is 10.1. The van der Waals surface area contributed by atoms with Crippen molar-refractivity contribution in [1.29, 1.82) is 5.26 Å². The Morgan fingerprint density at radius 3 is 2.50 bits per heavy atom. The van der Waals surface area contributed by atoms with E-state index in [0.717, 1.165) is 16.7 Å². The summed E-state index contributed by atoms with van der Waals surface area (Å²) in [5.74, 6) is 0.523. The predicted octanol–water partition coefficient (Wildman–Crippen LogP) is 1.25. The Balaban J connectivity index is 1.74. The number of benzene rings is 2. The lowest BCUT2D eigenvalue weighted by molar-refractivity contribution is -0.231. The van der Waals surface area contributed by atoms with Crippen molar-refractivity contribution >= 4 is 11.6 Å². The van der Waals surface area contributed by atoms with E-state index in [-0.39, 0.29) is 0 Å². The second kappa shape index (κ2) is 8.52. The SMILES string of the molecule is N#Cc1ccc(Cc2cc([C@@H]3O[C@H](CO)[C@@H](O)[C@H](O)[C@H]3O)c3c(c2Cl)OCC3)cc1. The lowest BCUT2D eigenvalue weighted by Gasteiger charge is -2.40. The van der Waals surface area contributed by atoms with Gasteiger partial charge < -0.3 is 29.9 Å². The van der Waals surface area contributed by atoms with Crippen LogP contribution in [0.25, 0.3) is 0 Å². The van der Waals surface area contributed by atoms with Crippen LogP contribution in [0.3, 0.4) is 0 Å². The molecule has 0 aromatic heterocycles. The van der Waals surface area contributed by atoms with Gasteiger partial charge in [0, 0.05) is 12.0 Å². The van der Waals surface area contributed by atoms with E-state index >= 15 is 0 Å². The highest BCUT2D eigenvalue weighted by Crippen LogP contribution is 2.44. The molecule has 5 atom stereocenters. The summed E-state index contributed by atoms with van der Waals surface area (Å²) >= 11 is 6.61. The molecular formula is C22H22ClNO6. The highest BCUT2D eigenvalue weighted by atomic mass is 35.5. The number of halogens is 1. The summed E-state index contributed by atoms with van der Waals surface area (Å²) in [4.78, 5) is 0. The van der Waals surface area contributed by atoms with Gasteiger partial charge in [-0.25, -0.2) is 0 Å². The van der Waals surface area contributed by atoms with E-state index in [0.29, 0.717) is 41.3 Å². The zero-order valence-corrected chi connectivity index (χ0v) is 16.8. The van der Waals surface area contributed by atoms with E-state index in [4.69, 9.17) is 26.3 Å². The molecule has 4 N–H and O–H groups in total. The Morgan fingerprint density at radius 1 is 1.10 bits per heavy atom. The van der Waals surface area contributed by atoms with Crippen LogP contribution in [0.1, 0.15) is 33.9 Å². The third-order valence-corrected chi connectivity index (χ3v) is 6.12. The zero-order valence-electron chi connectivity index (χ0n) is 16.0. The normalized spacial score (nSPS) is 27.9. The quantitative estimate of drug-likeness (QED) is 0.574. The molecule has 0 radical (unpaired) electrons. The first-order valence-electron chi connectivity index (χ1n) is 9.71. The summed E-state index contributed by atoms with van der Waals surface area (Å²) in [6.45, 7) is -0.0639. The van der Waals surface area contributed by atoms with Gasteiger partial charge in [-0.1, -0.05) is 29.8 Å². The molecule has 8 heteroatoms. The molecule has 2 aromatic rings. The number of hydrogen-bond donors (Lipinski definition) is 4. The Morgan fingerprint density at radius 2 is 1.83 bits per heavy atom. The van der Waals surface area contributed by atoms with Crippen LogP contribution in [0.4, 0.5) is 0 Å². The van der Waals surface area contributed by atoms with Crippen molar-refractivity contribution in [2.45, 2.75) is 43.4 Å². The van der Waals surface area contributed by atoms with Gasteiger partial charge in [0.2, 0.25) is 0 Å². The van der Waals surface area contributed by atoms with Gasteiger partial charge in [0.1, 0.15) is 36.3 Å². The first-order chi connectivity index (χ1) is 14.4. The van der Waals surface area contributed by atoms with Crippen molar-refractivity contribution in [1.82, 2.24) is 0 Å². The van der Waals surface area contributed by atoms with Crippen molar-refractivity contribution in [3.8, 4) is 11.8 Å². The monoisotopic (exact) mass is 431 g/mol. The molecule has 1 fully saturated rings. The van der Waals surface area contributed by atoms with Crippen LogP contribution in [-0.4, -0.2) is 58.1 Å². The standard InChI is InChI=1S/C22H22ClNO6/c23-17-13(7-11-1-3-12(9-24)4-2-11)8-15(14-5-6-29-21(14)17)22-20(28)19(27)18(26)16(10-25)30-22/h1-4,8,16,18-20,22,25-28H,5-7,10H2/t16-,18-,19+,20-,22+/m1/s1. The number of rotatable bonds is 4. The Kier molecular flexibility index (Phi) is 5.98. The molecule has 30 heavy (non-hydrogen) atoms. The van der Waals surface area contributed by atoms with Crippen molar-refractivity contribution < 1.29 is 29.9 Å². The van der Waals surface area contributed by atoms with Gasteiger partial charge in [-0.05, 0) is 35.2 Å². The maximum absolute atomic E-state index is 10.6. The van der Waals surface area contributed by atoms with E-state index in [1.807, 2.05) is 18.2 Å². The van der Waals surface area contributed by atoms with Gasteiger partial charge in [-0.3, -0.25) is 0 Å². The Bertz CT molecular complexity index is 971. The van der Waals surface area contributed by atoms with Gasteiger partial charge in [0.05, 0.1) is 29.9 Å². The minimum atomic E-state index is -1.46. The summed E-state index contributed by atoms with van der Waals surface area (Å²) < 4.78 is 11.5. The van der Waals surface area contributed by atoms with Crippen LogP contribution in [-0.2, 0) is 17.6 Å². The van der Waals surface area contributed by atoms with Crippen molar-refractivity contribution in [2.24, 2.45) is 0 Å². The fourth-order valence-corrected chi connectivity index (χ4v) is 4.36. The van der Waals surface area contributed by atoms with E-state index in [2.05, 4.69) is 6.07 Å². The van der Waals surface area contributed by atoms with Gasteiger partial charge in [-0.15, -0.1) is 0 Å². The van der Waals surface area contributed by atoms with Crippen LogP contribution in [0, 0.1) is 11.3 Å². The molecule has 158 valence electrons. The van der Waals surface area contributed by atoms with E-state index in [1.54, 1.807) is 12.1 Å². The number of nitriles is 1. The number of hydrogen-bond acceptors (Lipinski definition) is 7. The fourth-order valence-electron chi connectivity index (χ4n) is 4.07. The van der Waals surface area contributed by atoms with E-state index in [9.17, 15) is 20.4 Å². The second-order valence-electron chi connectivity index (χ2n) is 7.58. The molecule has 2 aromatic carbocycles.